The molecular formula is C27H20BrN5O4. The lowest BCUT2D eigenvalue weighted by atomic mass is 10.1. The van der Waals surface area contributed by atoms with Crippen molar-refractivity contribution >= 4 is 39.3 Å². The van der Waals surface area contributed by atoms with Crippen molar-refractivity contribution in [1.82, 2.24) is 9.55 Å². The molecule has 1 amide bonds. The Morgan fingerprint density at radius 1 is 1.16 bits per heavy atom. The Balaban J connectivity index is 1.54. The number of benzene rings is 2. The van der Waals surface area contributed by atoms with E-state index in [-0.39, 0.29) is 17.1 Å². The van der Waals surface area contributed by atoms with Gasteiger partial charge in [-0.05, 0) is 74.0 Å². The fourth-order valence-electron chi connectivity index (χ4n) is 3.72. The molecule has 1 N–H and O–H groups in total. The number of nitro groups is 1. The minimum Gasteiger partial charge on any atom is -0.439 e. The summed E-state index contributed by atoms with van der Waals surface area (Å²) in [5.74, 6) is 0.264. The third-order valence-electron chi connectivity index (χ3n) is 5.47. The lowest BCUT2D eigenvalue weighted by molar-refractivity contribution is -0.385. The first kappa shape index (κ1) is 25.3. The molecule has 2 aromatic carbocycles. The minimum atomic E-state index is -0.523. The summed E-state index contributed by atoms with van der Waals surface area (Å²) in [5.41, 5.74) is 3.82. The van der Waals surface area contributed by atoms with Gasteiger partial charge in [0.05, 0.1) is 4.92 Å². The molecule has 37 heavy (non-hydrogen) atoms. The maximum absolute atomic E-state index is 12.7. The zero-order chi connectivity index (χ0) is 26.5. The standard InChI is InChI=1S/C27H20BrN5O4/c1-17-12-19(13-20(15-29)27(34)31-22-5-3-4-21(28)14-22)18(2)32(17)23-6-9-25(10-7-23)37-26-11-8-24(16-30-26)33(35)36/h3-14,16H,1-2H3,(H,31,34)/b20-13-. The molecule has 0 radical (unpaired) electrons. The Kier molecular flexibility index (Phi) is 7.46. The number of rotatable bonds is 7. The molecule has 184 valence electrons. The number of nitriles is 1. The molecule has 0 saturated heterocycles. The van der Waals surface area contributed by atoms with Crippen LogP contribution in [-0.2, 0) is 4.79 Å². The number of hydrogen-bond donors (Lipinski definition) is 1. The van der Waals surface area contributed by atoms with E-state index in [4.69, 9.17) is 4.74 Å². The van der Waals surface area contributed by atoms with E-state index in [1.54, 1.807) is 36.4 Å². The summed E-state index contributed by atoms with van der Waals surface area (Å²) in [7, 11) is 0. The lowest BCUT2D eigenvalue weighted by Crippen LogP contribution is -2.13. The highest BCUT2D eigenvalue weighted by molar-refractivity contribution is 9.10. The number of pyridine rings is 1. The summed E-state index contributed by atoms with van der Waals surface area (Å²) >= 11 is 3.36. The molecule has 9 nitrogen and oxygen atoms in total. The summed E-state index contributed by atoms with van der Waals surface area (Å²) < 4.78 is 8.50. The largest absolute Gasteiger partial charge is 0.439 e. The number of halogens is 1. The molecule has 0 aliphatic rings. The molecular weight excluding hydrogens is 538 g/mol. The van der Waals surface area contributed by atoms with Crippen LogP contribution in [0.2, 0.25) is 0 Å². The normalized spacial score (nSPS) is 11.0. The SMILES string of the molecule is Cc1cc(/C=C(/C#N)C(=O)Nc2cccc(Br)c2)c(C)n1-c1ccc(Oc2ccc([N+](=O)[O-])cn2)cc1. The Hall–Kier alpha value is -4.75. The highest BCUT2D eigenvalue weighted by Gasteiger charge is 2.15. The first-order chi connectivity index (χ1) is 17.7. The number of hydrogen-bond acceptors (Lipinski definition) is 6. The fourth-order valence-corrected chi connectivity index (χ4v) is 4.12. The van der Waals surface area contributed by atoms with Gasteiger partial charge in [-0.2, -0.15) is 5.26 Å². The summed E-state index contributed by atoms with van der Waals surface area (Å²) in [6, 6.07) is 21.0. The Morgan fingerprint density at radius 3 is 2.54 bits per heavy atom. The Morgan fingerprint density at radius 2 is 1.92 bits per heavy atom. The van der Waals surface area contributed by atoms with E-state index in [1.807, 2.05) is 48.7 Å². The van der Waals surface area contributed by atoms with Crippen molar-refractivity contribution in [3.05, 3.63) is 110 Å². The first-order valence-corrected chi connectivity index (χ1v) is 11.8. The van der Waals surface area contributed by atoms with Crippen LogP contribution >= 0.6 is 15.9 Å². The molecule has 10 heteroatoms. The number of ether oxygens (including phenoxy) is 1. The number of anilines is 1. The zero-order valence-corrected chi connectivity index (χ0v) is 21.4. The van der Waals surface area contributed by atoms with Gasteiger partial charge in [-0.1, -0.05) is 22.0 Å². The van der Waals surface area contributed by atoms with Crippen LogP contribution in [0.1, 0.15) is 17.0 Å². The number of nitrogens with one attached hydrogen (secondary N) is 1. The highest BCUT2D eigenvalue weighted by Crippen LogP contribution is 2.27. The van der Waals surface area contributed by atoms with Gasteiger partial charge in [0.25, 0.3) is 11.6 Å². The second-order valence-electron chi connectivity index (χ2n) is 8.00. The van der Waals surface area contributed by atoms with Gasteiger partial charge >= 0.3 is 0 Å². The van der Waals surface area contributed by atoms with E-state index in [2.05, 4.69) is 26.2 Å². The van der Waals surface area contributed by atoms with Crippen molar-refractivity contribution in [1.29, 1.82) is 5.26 Å². The molecule has 4 rings (SSSR count). The van der Waals surface area contributed by atoms with Crippen LogP contribution in [0.25, 0.3) is 11.8 Å². The van der Waals surface area contributed by atoms with Gasteiger partial charge < -0.3 is 14.6 Å². The van der Waals surface area contributed by atoms with E-state index in [0.29, 0.717) is 11.4 Å². The number of carbonyl (C=O) groups is 1. The predicted molar refractivity (Wildman–Crippen MR) is 143 cm³/mol. The number of aromatic nitrogens is 2. The minimum absolute atomic E-state index is 0.0143. The smallest absolute Gasteiger partial charge is 0.287 e. The average molecular weight is 558 g/mol. The third kappa shape index (κ3) is 5.91. The first-order valence-electron chi connectivity index (χ1n) is 11.0. The molecule has 0 spiro atoms. The van der Waals surface area contributed by atoms with Crippen LogP contribution < -0.4 is 10.1 Å². The van der Waals surface area contributed by atoms with E-state index < -0.39 is 10.8 Å². The summed E-state index contributed by atoms with van der Waals surface area (Å²) in [6.45, 7) is 3.84. The van der Waals surface area contributed by atoms with Crippen molar-refractivity contribution in [2.45, 2.75) is 13.8 Å². The number of carbonyl (C=O) groups excluding carboxylic acids is 1. The van der Waals surface area contributed by atoms with Crippen molar-refractivity contribution in [3.8, 4) is 23.4 Å². The Labute approximate surface area is 220 Å². The summed E-state index contributed by atoms with van der Waals surface area (Å²) in [6.07, 6.45) is 2.71. The van der Waals surface area contributed by atoms with Crippen LogP contribution in [0.5, 0.6) is 11.6 Å². The molecule has 2 heterocycles. The zero-order valence-electron chi connectivity index (χ0n) is 19.8. The maximum Gasteiger partial charge on any atom is 0.287 e. The lowest BCUT2D eigenvalue weighted by Gasteiger charge is -2.11. The predicted octanol–water partition coefficient (Wildman–Crippen LogP) is 6.50. The topological polar surface area (TPSA) is 123 Å². The third-order valence-corrected chi connectivity index (χ3v) is 5.96. The van der Waals surface area contributed by atoms with Crippen LogP contribution in [0, 0.1) is 35.3 Å². The van der Waals surface area contributed by atoms with Crippen LogP contribution in [0.4, 0.5) is 11.4 Å². The van der Waals surface area contributed by atoms with Crippen molar-refractivity contribution in [3.63, 3.8) is 0 Å². The van der Waals surface area contributed by atoms with Gasteiger partial charge in [-0.25, -0.2) is 4.98 Å². The van der Waals surface area contributed by atoms with Crippen LogP contribution in [-0.4, -0.2) is 20.4 Å². The van der Waals surface area contributed by atoms with Gasteiger partial charge in [-0.15, -0.1) is 0 Å². The van der Waals surface area contributed by atoms with Gasteiger partial charge in [0.1, 0.15) is 23.6 Å². The molecule has 0 aliphatic carbocycles. The van der Waals surface area contributed by atoms with Crippen molar-refractivity contribution in [2.75, 3.05) is 5.32 Å². The summed E-state index contributed by atoms with van der Waals surface area (Å²) in [5, 5.41) is 23.1. The van der Waals surface area contributed by atoms with E-state index in [0.717, 1.165) is 33.3 Å². The van der Waals surface area contributed by atoms with Gasteiger partial charge in [-0.3, -0.25) is 14.9 Å². The summed E-state index contributed by atoms with van der Waals surface area (Å²) in [4.78, 5) is 26.9. The van der Waals surface area contributed by atoms with Gasteiger partial charge in [0, 0.05) is 39.4 Å². The number of aryl methyl sites for hydroxylation is 1. The molecule has 0 saturated carbocycles. The number of nitrogens with zero attached hydrogens (tertiary/aromatic N) is 4. The fraction of sp³-hybridized carbons (Fsp3) is 0.0741. The molecule has 2 aromatic heterocycles. The van der Waals surface area contributed by atoms with E-state index >= 15 is 0 Å². The molecule has 0 fully saturated rings. The number of amides is 1. The molecule has 0 aliphatic heterocycles. The molecule has 0 unspecified atom stereocenters. The molecule has 0 atom stereocenters. The van der Waals surface area contributed by atoms with Crippen molar-refractivity contribution < 1.29 is 14.5 Å². The van der Waals surface area contributed by atoms with Crippen LogP contribution in [0.15, 0.2) is 83.0 Å². The average Bonchev–Trinajstić information content (AvgIpc) is 3.15. The van der Waals surface area contributed by atoms with E-state index in [1.165, 1.54) is 12.1 Å². The van der Waals surface area contributed by atoms with Gasteiger partial charge in [0.15, 0.2) is 0 Å². The Bertz CT molecular complexity index is 1550. The van der Waals surface area contributed by atoms with E-state index in [9.17, 15) is 20.2 Å². The molecule has 4 aromatic rings. The highest BCUT2D eigenvalue weighted by atomic mass is 79.9. The van der Waals surface area contributed by atoms with Crippen LogP contribution in [0.3, 0.4) is 0 Å². The van der Waals surface area contributed by atoms with Crippen molar-refractivity contribution in [2.24, 2.45) is 0 Å². The quantitative estimate of drug-likeness (QED) is 0.120. The monoisotopic (exact) mass is 557 g/mol. The van der Waals surface area contributed by atoms with Gasteiger partial charge in [0.2, 0.25) is 5.88 Å². The molecule has 0 bridgehead atoms. The second-order valence-corrected chi connectivity index (χ2v) is 8.92. The second kappa shape index (κ2) is 10.9. The maximum atomic E-state index is 12.7.